The third kappa shape index (κ3) is 9.45. The zero-order valence-electron chi connectivity index (χ0n) is 28.0. The number of carbonyl (C=O) groups is 3. The molecule has 0 bridgehead atoms. The van der Waals surface area contributed by atoms with E-state index in [4.69, 9.17) is 33.2 Å². The second-order valence-electron chi connectivity index (χ2n) is 11.8. The lowest BCUT2D eigenvalue weighted by Crippen LogP contribution is -2.65. The molecule has 52 heavy (non-hydrogen) atoms. The molecule has 2 aliphatic heterocycles. The van der Waals surface area contributed by atoms with Crippen molar-refractivity contribution in [1.29, 1.82) is 0 Å². The van der Waals surface area contributed by atoms with Crippen LogP contribution in [0.2, 0.25) is 0 Å². The predicted molar refractivity (Wildman–Crippen MR) is 169 cm³/mol. The van der Waals surface area contributed by atoms with E-state index in [1.807, 2.05) is 0 Å². The molecule has 2 fully saturated rings. The highest BCUT2D eigenvalue weighted by Crippen LogP contribution is 2.39. The Balaban J connectivity index is 1.62. The average molecular weight is 741 g/mol. The minimum absolute atomic E-state index is 0.0404. The molecule has 0 aromatic heterocycles. The van der Waals surface area contributed by atoms with E-state index in [0.29, 0.717) is 6.08 Å². The summed E-state index contributed by atoms with van der Waals surface area (Å²) in [5.74, 6) is -6.09. The van der Waals surface area contributed by atoms with E-state index in [0.717, 1.165) is 32.0 Å². The monoisotopic (exact) mass is 740 g/mol. The van der Waals surface area contributed by atoms with Crippen LogP contribution in [0.1, 0.15) is 31.9 Å². The Morgan fingerprint density at radius 3 is 2.13 bits per heavy atom. The van der Waals surface area contributed by atoms with Crippen LogP contribution in [0.25, 0.3) is 5.76 Å². The van der Waals surface area contributed by atoms with Gasteiger partial charge in [0.2, 0.25) is 5.75 Å². The van der Waals surface area contributed by atoms with Crippen LogP contribution < -0.4 is 4.74 Å². The fourth-order valence-corrected chi connectivity index (χ4v) is 5.38. The number of ether oxygens (including phenoxy) is 7. The van der Waals surface area contributed by atoms with Gasteiger partial charge in [-0.25, -0.2) is 4.79 Å². The van der Waals surface area contributed by atoms with Gasteiger partial charge in [0.15, 0.2) is 41.7 Å². The molecule has 19 heteroatoms. The number of aromatic hydroxyl groups is 4. The van der Waals surface area contributed by atoms with Gasteiger partial charge in [0.25, 0.3) is 0 Å². The SMILES string of the molecule is CC(=O)O/C(=C\C(=O)O[C@H]1[C@H](O[C@@H]2O[C@@H](C)[C@H](O)[C@@H](O)[C@H]2O)[C@@H](O)[C@H](OCCc2ccc(O)c(O)c2OC(C)=O)O[C@@H]1CO)c1ccc(O)c(O)c1. The molecule has 2 aromatic carbocycles. The highest BCUT2D eigenvalue weighted by atomic mass is 16.7. The van der Waals surface area contributed by atoms with Gasteiger partial charge in [-0.05, 0) is 37.6 Å². The first kappa shape index (κ1) is 40.2. The molecule has 0 radical (unpaired) electrons. The van der Waals surface area contributed by atoms with E-state index in [2.05, 4.69) is 0 Å². The number of hydrogen-bond acceptors (Lipinski definition) is 19. The van der Waals surface area contributed by atoms with Crippen LogP contribution in [-0.2, 0) is 49.2 Å². The van der Waals surface area contributed by atoms with Crippen molar-refractivity contribution < 1.29 is 93.5 Å². The molecule has 10 atom stereocenters. The second-order valence-corrected chi connectivity index (χ2v) is 11.8. The summed E-state index contributed by atoms with van der Waals surface area (Å²) in [5, 5.41) is 92.5. The molecule has 2 aliphatic rings. The molecule has 0 saturated carbocycles. The molecule has 19 nitrogen and oxygen atoms in total. The molecule has 2 saturated heterocycles. The van der Waals surface area contributed by atoms with Gasteiger partial charge in [0.05, 0.1) is 25.4 Å². The van der Waals surface area contributed by atoms with Crippen LogP contribution in [0, 0.1) is 0 Å². The van der Waals surface area contributed by atoms with Crippen molar-refractivity contribution in [2.45, 2.75) is 88.6 Å². The lowest BCUT2D eigenvalue weighted by Gasteiger charge is -2.46. The summed E-state index contributed by atoms with van der Waals surface area (Å²) < 4.78 is 38.4. The normalized spacial score (nSPS) is 29.3. The number of aliphatic hydroxyl groups excluding tert-OH is 5. The van der Waals surface area contributed by atoms with Gasteiger partial charge in [0.1, 0.15) is 42.4 Å². The Bertz CT molecular complexity index is 1630. The molecule has 4 rings (SSSR count). The van der Waals surface area contributed by atoms with Crippen molar-refractivity contribution in [3.63, 3.8) is 0 Å². The van der Waals surface area contributed by atoms with Gasteiger partial charge in [-0.1, -0.05) is 6.07 Å². The maximum absolute atomic E-state index is 13.3. The molecular weight excluding hydrogens is 700 g/mol. The Labute approximate surface area is 295 Å². The van der Waals surface area contributed by atoms with E-state index in [-0.39, 0.29) is 29.9 Å². The number of aliphatic hydroxyl groups is 5. The number of phenols is 4. The summed E-state index contributed by atoms with van der Waals surface area (Å²) in [6.07, 6.45) is -16.0. The van der Waals surface area contributed by atoms with Gasteiger partial charge >= 0.3 is 17.9 Å². The lowest BCUT2D eigenvalue weighted by atomic mass is 9.97. The maximum Gasteiger partial charge on any atom is 0.335 e. The van der Waals surface area contributed by atoms with Gasteiger partial charge in [-0.15, -0.1) is 0 Å². The van der Waals surface area contributed by atoms with Gasteiger partial charge in [-0.2, -0.15) is 0 Å². The topological polar surface area (TPSA) is 298 Å². The molecule has 0 spiro atoms. The number of esters is 3. The largest absolute Gasteiger partial charge is 0.504 e. The van der Waals surface area contributed by atoms with E-state index in [1.54, 1.807) is 0 Å². The summed E-state index contributed by atoms with van der Waals surface area (Å²) in [6.45, 7) is 2.27. The number of rotatable bonds is 12. The fraction of sp³-hybridized carbons (Fsp3) is 0.485. The Hall–Kier alpha value is -4.57. The standard InChI is InChI=1S/C33H40O19/c1-13-24(41)26(43)27(44)33(47-13)52-31-28(45)32(46-9-8-16-4-7-19(38)25(42)29(16)49-15(3)36)50-22(12-34)30(31)51-23(40)11-21(48-14(2)35)17-5-6-18(37)20(39)10-17/h4-7,10-11,13,22,24,26-28,30-34,37-39,41-45H,8-9,12H2,1-3H3/b21-11-/t13-,22+,24-,26+,27+,28+,30+,31+,32+,33-/m0/s1. The Kier molecular flexibility index (Phi) is 13.4. The minimum atomic E-state index is -1.90. The summed E-state index contributed by atoms with van der Waals surface area (Å²) in [7, 11) is 0. The second kappa shape index (κ2) is 17.3. The van der Waals surface area contributed by atoms with Crippen LogP contribution in [0.3, 0.4) is 0 Å². The van der Waals surface area contributed by atoms with E-state index >= 15 is 0 Å². The van der Waals surface area contributed by atoms with Gasteiger partial charge < -0.3 is 79.1 Å². The maximum atomic E-state index is 13.3. The zero-order chi connectivity index (χ0) is 38.4. The summed E-state index contributed by atoms with van der Waals surface area (Å²) in [4.78, 5) is 36.7. The summed E-state index contributed by atoms with van der Waals surface area (Å²) >= 11 is 0. The molecule has 0 amide bonds. The van der Waals surface area contributed by atoms with Crippen molar-refractivity contribution in [1.82, 2.24) is 0 Å². The number of carbonyl (C=O) groups excluding carboxylic acids is 3. The summed E-state index contributed by atoms with van der Waals surface area (Å²) in [6, 6.07) is 5.75. The van der Waals surface area contributed by atoms with E-state index in [9.17, 15) is 60.3 Å². The average Bonchev–Trinajstić information content (AvgIpc) is 3.08. The lowest BCUT2D eigenvalue weighted by molar-refractivity contribution is -0.357. The molecule has 286 valence electrons. The van der Waals surface area contributed by atoms with Crippen molar-refractivity contribution in [2.75, 3.05) is 13.2 Å². The predicted octanol–water partition coefficient (Wildman–Crippen LogP) is -1.20. The first-order valence-electron chi connectivity index (χ1n) is 15.8. The molecule has 2 aromatic rings. The number of benzene rings is 2. The molecule has 2 heterocycles. The molecule has 0 unspecified atom stereocenters. The quantitative estimate of drug-likeness (QED) is 0.0406. The van der Waals surface area contributed by atoms with Crippen LogP contribution in [-0.4, -0.2) is 138 Å². The van der Waals surface area contributed by atoms with Crippen molar-refractivity contribution in [3.8, 4) is 28.7 Å². The molecule has 9 N–H and O–H groups in total. The highest BCUT2D eigenvalue weighted by Gasteiger charge is 2.52. The molecular formula is C33H40O19. The van der Waals surface area contributed by atoms with E-state index in [1.165, 1.54) is 19.1 Å². The smallest absolute Gasteiger partial charge is 0.335 e. The molecule has 0 aliphatic carbocycles. The van der Waals surface area contributed by atoms with Crippen LogP contribution in [0.5, 0.6) is 28.7 Å². The minimum Gasteiger partial charge on any atom is -0.504 e. The Morgan fingerprint density at radius 1 is 0.808 bits per heavy atom. The van der Waals surface area contributed by atoms with Gasteiger partial charge in [-0.3, -0.25) is 9.59 Å². The van der Waals surface area contributed by atoms with Crippen LogP contribution in [0.4, 0.5) is 0 Å². The van der Waals surface area contributed by atoms with Crippen molar-refractivity contribution in [3.05, 3.63) is 47.5 Å². The Morgan fingerprint density at radius 2 is 1.50 bits per heavy atom. The third-order valence-corrected chi connectivity index (χ3v) is 8.00. The fourth-order valence-electron chi connectivity index (χ4n) is 5.38. The third-order valence-electron chi connectivity index (χ3n) is 8.00. The highest BCUT2D eigenvalue weighted by molar-refractivity contribution is 5.92. The summed E-state index contributed by atoms with van der Waals surface area (Å²) in [5.41, 5.74) is 0.160. The first-order chi connectivity index (χ1) is 24.5. The zero-order valence-corrected chi connectivity index (χ0v) is 28.0. The van der Waals surface area contributed by atoms with Crippen molar-refractivity contribution in [2.24, 2.45) is 0 Å². The van der Waals surface area contributed by atoms with Crippen LogP contribution in [0.15, 0.2) is 36.4 Å². The van der Waals surface area contributed by atoms with Crippen molar-refractivity contribution >= 4 is 23.7 Å². The number of phenolic OH excluding ortho intramolecular Hbond substituents is 4. The van der Waals surface area contributed by atoms with Crippen LogP contribution >= 0.6 is 0 Å². The van der Waals surface area contributed by atoms with E-state index < -0.39 is 115 Å². The van der Waals surface area contributed by atoms with Gasteiger partial charge in [0, 0.05) is 25.0 Å². The number of hydrogen-bond donors (Lipinski definition) is 9. The first-order valence-corrected chi connectivity index (χ1v) is 15.8.